The van der Waals surface area contributed by atoms with Crippen LogP contribution in [0.25, 0.3) is 0 Å². The van der Waals surface area contributed by atoms with Gasteiger partial charge >= 0.3 is 19.2 Å². The lowest BCUT2D eigenvalue weighted by molar-refractivity contribution is -0.161. The summed E-state index contributed by atoms with van der Waals surface area (Å²) in [5.74, 6) is -0.0651. The van der Waals surface area contributed by atoms with E-state index < -0.39 is 24.3 Å². The second-order valence-electron chi connectivity index (χ2n) is 9.18. The summed E-state index contributed by atoms with van der Waals surface area (Å²) >= 11 is 6.01. The highest BCUT2D eigenvalue weighted by Gasteiger charge is 2.34. The van der Waals surface area contributed by atoms with Gasteiger partial charge in [0.2, 0.25) is 0 Å². The monoisotopic (exact) mass is 455 g/mol. The van der Waals surface area contributed by atoms with Crippen LogP contribution in [0.4, 0.5) is 4.79 Å². The molecule has 1 amide bonds. The molecule has 2 rings (SSSR count). The van der Waals surface area contributed by atoms with Crippen LogP contribution in [0.15, 0.2) is 18.2 Å². The first-order valence-corrected chi connectivity index (χ1v) is 10.7. The van der Waals surface area contributed by atoms with Crippen LogP contribution in [0.1, 0.15) is 47.5 Å². The van der Waals surface area contributed by atoms with Crippen molar-refractivity contribution >= 4 is 36.2 Å². The van der Waals surface area contributed by atoms with Gasteiger partial charge in [-0.3, -0.25) is 0 Å². The molecule has 0 spiro atoms. The fraction of sp³-hybridized carbons (Fsp3) is 0.619. The molecule has 8 nitrogen and oxygen atoms in total. The highest BCUT2D eigenvalue weighted by Crippen LogP contribution is 2.24. The fourth-order valence-electron chi connectivity index (χ4n) is 3.09. The molecule has 31 heavy (non-hydrogen) atoms. The van der Waals surface area contributed by atoms with Crippen molar-refractivity contribution in [1.82, 2.24) is 4.90 Å². The second-order valence-corrected chi connectivity index (χ2v) is 9.59. The summed E-state index contributed by atoms with van der Waals surface area (Å²) in [6, 6.07) is 4.34. The number of amides is 1. The Morgan fingerprint density at radius 1 is 1.16 bits per heavy atom. The van der Waals surface area contributed by atoms with Crippen LogP contribution in [0.5, 0.6) is 5.75 Å². The summed E-state index contributed by atoms with van der Waals surface area (Å²) < 4.78 is 16.6. The number of likely N-dealkylation sites (tertiary alicyclic amines) is 1. The van der Waals surface area contributed by atoms with Crippen LogP contribution in [0.2, 0.25) is 5.02 Å². The summed E-state index contributed by atoms with van der Waals surface area (Å²) in [6.45, 7) is 10.0. The molecule has 1 aliphatic heterocycles. The minimum Gasteiger partial charge on any atom is -0.476 e. The van der Waals surface area contributed by atoms with Crippen LogP contribution in [0.3, 0.4) is 0 Å². The van der Waals surface area contributed by atoms with E-state index in [4.69, 9.17) is 25.8 Å². The number of benzene rings is 1. The van der Waals surface area contributed by atoms with Gasteiger partial charge in [-0.1, -0.05) is 17.7 Å². The lowest BCUT2D eigenvalue weighted by atomic mass is 9.80. The van der Waals surface area contributed by atoms with Crippen molar-refractivity contribution in [2.24, 2.45) is 5.92 Å². The van der Waals surface area contributed by atoms with Gasteiger partial charge in [-0.15, -0.1) is 0 Å². The van der Waals surface area contributed by atoms with E-state index in [1.807, 2.05) is 20.8 Å². The van der Waals surface area contributed by atoms with E-state index in [-0.39, 0.29) is 29.1 Å². The minimum atomic E-state index is -1.69. The van der Waals surface area contributed by atoms with Gasteiger partial charge in [-0.05, 0) is 65.5 Å². The highest BCUT2D eigenvalue weighted by atomic mass is 35.5. The van der Waals surface area contributed by atoms with Gasteiger partial charge in [-0.25, -0.2) is 9.59 Å². The predicted molar refractivity (Wildman–Crippen MR) is 117 cm³/mol. The van der Waals surface area contributed by atoms with Crippen molar-refractivity contribution in [1.29, 1.82) is 0 Å². The van der Waals surface area contributed by atoms with Crippen LogP contribution in [-0.2, 0) is 14.3 Å². The summed E-state index contributed by atoms with van der Waals surface area (Å²) in [7, 11) is -1.69. The lowest BCUT2D eigenvalue weighted by Gasteiger charge is -2.33. The van der Waals surface area contributed by atoms with Gasteiger partial charge in [0, 0.05) is 23.6 Å². The van der Waals surface area contributed by atoms with Crippen LogP contribution in [0, 0.1) is 5.92 Å². The Morgan fingerprint density at radius 3 is 2.29 bits per heavy atom. The molecule has 1 fully saturated rings. The van der Waals surface area contributed by atoms with Gasteiger partial charge in [0.15, 0.2) is 5.60 Å². The molecule has 1 aromatic carbocycles. The first-order chi connectivity index (χ1) is 14.3. The van der Waals surface area contributed by atoms with E-state index in [9.17, 15) is 19.6 Å². The Morgan fingerprint density at radius 2 is 1.77 bits per heavy atom. The average Bonchev–Trinajstić information content (AvgIpc) is 2.64. The molecule has 0 radical (unpaired) electrons. The number of esters is 1. The SMILES string of the molecule is CC(C)(C)OC(=O)N1CCC(COC(=O)C(C)(C)Oc2ccc(B(O)O)c(Cl)c2)CC1. The van der Waals surface area contributed by atoms with Gasteiger partial charge in [0.05, 0.1) is 6.61 Å². The van der Waals surface area contributed by atoms with E-state index in [1.165, 1.54) is 18.2 Å². The lowest BCUT2D eigenvalue weighted by Crippen LogP contribution is -2.44. The number of ether oxygens (including phenoxy) is 3. The summed E-state index contributed by atoms with van der Waals surface area (Å²) in [4.78, 5) is 26.4. The van der Waals surface area contributed by atoms with Crippen LogP contribution < -0.4 is 10.2 Å². The van der Waals surface area contributed by atoms with Gasteiger partial charge < -0.3 is 29.2 Å². The molecule has 1 aromatic rings. The summed E-state index contributed by atoms with van der Waals surface area (Å²) in [6.07, 6.45) is 1.11. The highest BCUT2D eigenvalue weighted by molar-refractivity contribution is 6.62. The van der Waals surface area contributed by atoms with E-state index in [0.29, 0.717) is 31.7 Å². The molecule has 0 atom stereocenters. The maximum Gasteiger partial charge on any atom is 0.489 e. The average molecular weight is 456 g/mol. The third-order valence-electron chi connectivity index (χ3n) is 4.83. The number of hydrogen-bond donors (Lipinski definition) is 2. The molecule has 2 N–H and O–H groups in total. The normalized spacial score (nSPS) is 15.4. The molecule has 0 aromatic heterocycles. The molecule has 172 valence electrons. The number of carbonyl (C=O) groups is 2. The summed E-state index contributed by atoms with van der Waals surface area (Å²) in [5, 5.41) is 18.6. The molecule has 0 bridgehead atoms. The number of rotatable bonds is 6. The Labute approximate surface area is 188 Å². The van der Waals surface area contributed by atoms with Crippen LogP contribution in [-0.4, -0.2) is 65.0 Å². The smallest absolute Gasteiger partial charge is 0.476 e. The number of carbonyl (C=O) groups excluding carboxylic acids is 2. The Balaban J connectivity index is 1.83. The Kier molecular flexibility index (Phi) is 8.24. The second kappa shape index (κ2) is 10.1. The number of nitrogens with zero attached hydrogens (tertiary/aromatic N) is 1. The standard InChI is InChI=1S/C21H31BClNO7/c1-20(2,3)31-19(26)24-10-8-14(9-11-24)13-29-18(25)21(4,5)30-15-6-7-16(22(27)28)17(23)12-15/h6-7,12,14,27-28H,8-11,13H2,1-5H3. The van der Waals surface area contributed by atoms with Crippen molar-refractivity contribution in [2.75, 3.05) is 19.7 Å². The van der Waals surface area contributed by atoms with Crippen molar-refractivity contribution in [3.63, 3.8) is 0 Å². The summed E-state index contributed by atoms with van der Waals surface area (Å²) in [5.41, 5.74) is -1.65. The Bertz CT molecular complexity index is 786. The fourth-order valence-corrected chi connectivity index (χ4v) is 3.36. The number of halogens is 1. The van der Waals surface area contributed by atoms with Gasteiger partial charge in [-0.2, -0.15) is 0 Å². The van der Waals surface area contributed by atoms with Crippen LogP contribution >= 0.6 is 11.6 Å². The number of piperidine rings is 1. The predicted octanol–water partition coefficient (Wildman–Crippen LogP) is 2.37. The van der Waals surface area contributed by atoms with E-state index in [2.05, 4.69) is 0 Å². The van der Waals surface area contributed by atoms with Gasteiger partial charge in [0.25, 0.3) is 0 Å². The first kappa shape index (κ1) is 25.3. The molecule has 0 aliphatic carbocycles. The van der Waals surface area contributed by atoms with E-state index >= 15 is 0 Å². The maximum absolute atomic E-state index is 12.6. The minimum absolute atomic E-state index is 0.119. The largest absolute Gasteiger partial charge is 0.489 e. The Hall–Kier alpha value is -1.97. The molecular formula is C21H31BClNO7. The molecule has 0 saturated carbocycles. The molecule has 1 aliphatic rings. The van der Waals surface area contributed by atoms with E-state index in [1.54, 1.807) is 18.7 Å². The van der Waals surface area contributed by atoms with E-state index in [0.717, 1.165) is 0 Å². The number of hydrogen-bond acceptors (Lipinski definition) is 7. The molecule has 1 heterocycles. The zero-order valence-electron chi connectivity index (χ0n) is 18.7. The van der Waals surface area contributed by atoms with Gasteiger partial charge in [0.1, 0.15) is 11.4 Å². The molecular weight excluding hydrogens is 424 g/mol. The zero-order valence-corrected chi connectivity index (χ0v) is 19.4. The van der Waals surface area contributed by atoms with Crippen molar-refractivity contribution in [2.45, 2.75) is 58.7 Å². The third kappa shape index (κ3) is 7.59. The first-order valence-electron chi connectivity index (χ1n) is 10.3. The molecule has 10 heteroatoms. The maximum atomic E-state index is 12.6. The molecule has 1 saturated heterocycles. The zero-order chi connectivity index (χ0) is 23.4. The topological polar surface area (TPSA) is 106 Å². The van der Waals surface area contributed by atoms with Crippen molar-refractivity contribution in [3.8, 4) is 5.75 Å². The van der Waals surface area contributed by atoms with Crippen molar-refractivity contribution in [3.05, 3.63) is 23.2 Å². The van der Waals surface area contributed by atoms with Crippen molar-refractivity contribution < 1.29 is 33.8 Å². The molecule has 0 unspecified atom stereocenters. The third-order valence-corrected chi connectivity index (χ3v) is 5.16. The quantitative estimate of drug-likeness (QED) is 0.501.